The minimum absolute atomic E-state index is 0.00694. The normalized spacial score (nSPS) is 26.5. The monoisotopic (exact) mass is 159 g/mol. The van der Waals surface area contributed by atoms with Crippen molar-refractivity contribution in [3.8, 4) is 0 Å². The molecule has 0 spiro atoms. The highest BCUT2D eigenvalue weighted by atomic mass is 16.5. The first-order valence-electron chi connectivity index (χ1n) is 4.15. The predicted molar refractivity (Wildman–Crippen MR) is 43.2 cm³/mol. The van der Waals surface area contributed by atoms with E-state index in [1.165, 1.54) is 0 Å². The summed E-state index contributed by atoms with van der Waals surface area (Å²) in [6.07, 6.45) is 1.47. The van der Waals surface area contributed by atoms with Crippen molar-refractivity contribution in [2.45, 2.75) is 25.9 Å². The SMILES string of the molecule is CC1(C(O)CN)CCOCC1. The molecular weight excluding hydrogens is 142 g/mol. The molecule has 0 aromatic heterocycles. The molecule has 11 heavy (non-hydrogen) atoms. The molecule has 1 rings (SSSR count). The Hall–Kier alpha value is -0.120. The van der Waals surface area contributed by atoms with Crippen LogP contribution in [0.15, 0.2) is 0 Å². The van der Waals surface area contributed by atoms with E-state index in [0.29, 0.717) is 6.54 Å². The largest absolute Gasteiger partial charge is 0.391 e. The van der Waals surface area contributed by atoms with Gasteiger partial charge in [0.2, 0.25) is 0 Å². The van der Waals surface area contributed by atoms with Crippen LogP contribution in [0.1, 0.15) is 19.8 Å². The van der Waals surface area contributed by atoms with Crippen LogP contribution in [0, 0.1) is 5.41 Å². The molecule has 3 N–H and O–H groups in total. The summed E-state index contributed by atoms with van der Waals surface area (Å²) in [6, 6.07) is 0. The topological polar surface area (TPSA) is 55.5 Å². The lowest BCUT2D eigenvalue weighted by Gasteiger charge is -2.37. The lowest BCUT2D eigenvalue weighted by Crippen LogP contribution is -2.42. The molecule has 1 fully saturated rings. The van der Waals surface area contributed by atoms with Gasteiger partial charge in [-0.2, -0.15) is 0 Å². The van der Waals surface area contributed by atoms with Crippen molar-refractivity contribution in [1.29, 1.82) is 0 Å². The Kier molecular flexibility index (Phi) is 2.87. The predicted octanol–water partition coefficient (Wildman–Crippen LogP) is 0.123. The summed E-state index contributed by atoms with van der Waals surface area (Å²) >= 11 is 0. The van der Waals surface area contributed by atoms with Crippen LogP contribution in [0.5, 0.6) is 0 Å². The molecule has 0 radical (unpaired) electrons. The summed E-state index contributed by atoms with van der Waals surface area (Å²) in [5.41, 5.74) is 5.39. The molecule has 66 valence electrons. The van der Waals surface area contributed by atoms with Gasteiger partial charge in [-0.15, -0.1) is 0 Å². The van der Waals surface area contributed by atoms with E-state index >= 15 is 0 Å². The number of hydrogen-bond donors (Lipinski definition) is 2. The van der Waals surface area contributed by atoms with Crippen molar-refractivity contribution in [3.05, 3.63) is 0 Å². The molecule has 3 nitrogen and oxygen atoms in total. The molecule has 1 aliphatic rings. The highest BCUT2D eigenvalue weighted by Crippen LogP contribution is 2.32. The van der Waals surface area contributed by atoms with E-state index in [2.05, 4.69) is 6.92 Å². The maximum Gasteiger partial charge on any atom is 0.0717 e. The standard InChI is InChI=1S/C8H17NO2/c1-8(7(10)6-9)2-4-11-5-3-8/h7,10H,2-6,9H2,1H3. The molecule has 0 aromatic rings. The van der Waals surface area contributed by atoms with Crippen molar-refractivity contribution in [3.63, 3.8) is 0 Å². The Labute approximate surface area is 67.5 Å². The van der Waals surface area contributed by atoms with Crippen molar-refractivity contribution in [2.75, 3.05) is 19.8 Å². The van der Waals surface area contributed by atoms with E-state index in [1.54, 1.807) is 0 Å². The molecule has 1 aliphatic heterocycles. The molecule has 1 heterocycles. The first-order chi connectivity index (χ1) is 5.19. The molecule has 0 bridgehead atoms. The Morgan fingerprint density at radius 3 is 2.55 bits per heavy atom. The van der Waals surface area contributed by atoms with Gasteiger partial charge in [0.15, 0.2) is 0 Å². The van der Waals surface area contributed by atoms with E-state index in [4.69, 9.17) is 10.5 Å². The number of aliphatic hydroxyl groups is 1. The van der Waals surface area contributed by atoms with Gasteiger partial charge in [0.1, 0.15) is 0 Å². The van der Waals surface area contributed by atoms with Gasteiger partial charge < -0.3 is 15.6 Å². The number of ether oxygens (including phenoxy) is 1. The van der Waals surface area contributed by atoms with E-state index in [-0.39, 0.29) is 11.5 Å². The zero-order valence-electron chi connectivity index (χ0n) is 7.05. The highest BCUT2D eigenvalue weighted by Gasteiger charge is 2.33. The van der Waals surface area contributed by atoms with Crippen molar-refractivity contribution < 1.29 is 9.84 Å². The summed E-state index contributed by atoms with van der Waals surface area (Å²) in [6.45, 7) is 3.95. The summed E-state index contributed by atoms with van der Waals surface area (Å²) in [5.74, 6) is 0. The fraction of sp³-hybridized carbons (Fsp3) is 1.00. The Balaban J connectivity index is 2.49. The van der Waals surface area contributed by atoms with Gasteiger partial charge in [-0.3, -0.25) is 0 Å². The van der Waals surface area contributed by atoms with Crippen LogP contribution >= 0.6 is 0 Å². The van der Waals surface area contributed by atoms with Gasteiger partial charge >= 0.3 is 0 Å². The van der Waals surface area contributed by atoms with Crippen molar-refractivity contribution in [2.24, 2.45) is 11.1 Å². The first kappa shape index (κ1) is 8.97. The second-order valence-electron chi connectivity index (χ2n) is 3.52. The third-order valence-electron chi connectivity index (χ3n) is 2.66. The molecular formula is C8H17NO2. The Morgan fingerprint density at radius 1 is 1.55 bits per heavy atom. The molecule has 1 unspecified atom stereocenters. The second kappa shape index (κ2) is 3.52. The number of aliphatic hydroxyl groups excluding tert-OH is 1. The summed E-state index contributed by atoms with van der Waals surface area (Å²) in [7, 11) is 0. The lowest BCUT2D eigenvalue weighted by molar-refractivity contribution is -0.0468. The summed E-state index contributed by atoms with van der Waals surface area (Å²) in [5, 5.41) is 9.56. The maximum absolute atomic E-state index is 9.56. The van der Waals surface area contributed by atoms with E-state index in [1.807, 2.05) is 0 Å². The van der Waals surface area contributed by atoms with Crippen LogP contribution in [0.2, 0.25) is 0 Å². The van der Waals surface area contributed by atoms with E-state index in [9.17, 15) is 5.11 Å². The van der Waals surface area contributed by atoms with Crippen LogP contribution in [-0.4, -0.2) is 31.0 Å². The maximum atomic E-state index is 9.56. The zero-order valence-corrected chi connectivity index (χ0v) is 7.05. The number of rotatable bonds is 2. The smallest absolute Gasteiger partial charge is 0.0717 e. The van der Waals surface area contributed by atoms with Crippen LogP contribution in [0.25, 0.3) is 0 Å². The Bertz CT molecular complexity index is 121. The molecule has 0 aliphatic carbocycles. The van der Waals surface area contributed by atoms with Crippen LogP contribution < -0.4 is 5.73 Å². The fourth-order valence-electron chi connectivity index (χ4n) is 1.46. The van der Waals surface area contributed by atoms with Crippen LogP contribution in [0.3, 0.4) is 0 Å². The minimum Gasteiger partial charge on any atom is -0.391 e. The zero-order chi connectivity index (χ0) is 8.32. The third kappa shape index (κ3) is 1.92. The minimum atomic E-state index is -0.369. The van der Waals surface area contributed by atoms with Gasteiger partial charge in [-0.05, 0) is 18.3 Å². The van der Waals surface area contributed by atoms with Gasteiger partial charge in [0, 0.05) is 19.8 Å². The molecule has 0 saturated carbocycles. The molecule has 1 atom stereocenters. The number of hydrogen-bond acceptors (Lipinski definition) is 3. The summed E-state index contributed by atoms with van der Waals surface area (Å²) < 4.78 is 5.21. The van der Waals surface area contributed by atoms with Gasteiger partial charge in [-0.1, -0.05) is 6.92 Å². The average Bonchev–Trinajstić information content (AvgIpc) is 2.04. The first-order valence-corrected chi connectivity index (χ1v) is 4.15. The second-order valence-corrected chi connectivity index (χ2v) is 3.52. The average molecular weight is 159 g/mol. The molecule has 0 aromatic carbocycles. The molecule has 0 amide bonds. The molecule has 3 heteroatoms. The van der Waals surface area contributed by atoms with Crippen LogP contribution in [-0.2, 0) is 4.74 Å². The van der Waals surface area contributed by atoms with Crippen molar-refractivity contribution in [1.82, 2.24) is 0 Å². The fourth-order valence-corrected chi connectivity index (χ4v) is 1.46. The Morgan fingerprint density at radius 2 is 2.09 bits per heavy atom. The number of nitrogens with two attached hydrogens (primary N) is 1. The highest BCUT2D eigenvalue weighted by molar-refractivity contribution is 4.84. The van der Waals surface area contributed by atoms with Crippen molar-refractivity contribution >= 4 is 0 Å². The van der Waals surface area contributed by atoms with Crippen LogP contribution in [0.4, 0.5) is 0 Å². The van der Waals surface area contributed by atoms with Gasteiger partial charge in [-0.25, -0.2) is 0 Å². The third-order valence-corrected chi connectivity index (χ3v) is 2.66. The lowest BCUT2D eigenvalue weighted by atomic mass is 9.77. The van der Waals surface area contributed by atoms with E-state index < -0.39 is 0 Å². The quantitative estimate of drug-likeness (QED) is 0.602. The molecule has 1 saturated heterocycles. The van der Waals surface area contributed by atoms with E-state index in [0.717, 1.165) is 26.1 Å². The summed E-state index contributed by atoms with van der Waals surface area (Å²) in [4.78, 5) is 0. The van der Waals surface area contributed by atoms with Gasteiger partial charge in [0.05, 0.1) is 6.10 Å². The van der Waals surface area contributed by atoms with Gasteiger partial charge in [0.25, 0.3) is 0 Å².